The van der Waals surface area contributed by atoms with E-state index in [-0.39, 0.29) is 18.5 Å². The van der Waals surface area contributed by atoms with E-state index < -0.39 is 10.0 Å². The molecule has 0 radical (unpaired) electrons. The second-order valence-electron chi connectivity index (χ2n) is 9.00. The largest absolute Gasteiger partial charge is 0.345 e. The number of para-hydroxylation sites is 1. The van der Waals surface area contributed by atoms with E-state index in [9.17, 15) is 13.2 Å². The van der Waals surface area contributed by atoms with Crippen molar-refractivity contribution in [3.63, 3.8) is 0 Å². The van der Waals surface area contributed by atoms with E-state index in [4.69, 9.17) is 0 Å². The van der Waals surface area contributed by atoms with E-state index in [1.165, 1.54) is 16.1 Å². The lowest BCUT2D eigenvalue weighted by molar-refractivity contribution is 0.0935. The Morgan fingerprint density at radius 3 is 2.06 bits per heavy atom. The van der Waals surface area contributed by atoms with E-state index in [1.54, 1.807) is 12.1 Å². The Hall–Kier alpha value is -3.12. The number of aryl methyl sites for hydroxylation is 4. The molecule has 1 amide bonds. The highest BCUT2D eigenvalue weighted by Gasteiger charge is 2.22. The summed E-state index contributed by atoms with van der Waals surface area (Å²) in [5.74, 6) is -0.145. The molecule has 0 bridgehead atoms. The number of hydrogen-bond donors (Lipinski definition) is 1. The van der Waals surface area contributed by atoms with Crippen LogP contribution in [0.2, 0.25) is 0 Å². The fourth-order valence-electron chi connectivity index (χ4n) is 4.35. The van der Waals surface area contributed by atoms with Gasteiger partial charge in [0.05, 0.1) is 24.5 Å². The first-order valence-corrected chi connectivity index (χ1v) is 13.4. The Morgan fingerprint density at radius 1 is 0.912 bits per heavy atom. The summed E-state index contributed by atoms with van der Waals surface area (Å²) in [6.45, 7) is 10.2. The third-order valence-electron chi connectivity index (χ3n) is 6.15. The molecule has 1 atom stereocenters. The molecule has 0 unspecified atom stereocenters. The molecule has 3 rings (SSSR count). The Labute approximate surface area is 203 Å². The normalized spacial score (nSPS) is 12.3. The Morgan fingerprint density at radius 2 is 1.53 bits per heavy atom. The molecule has 0 aliphatic rings. The smallest absolute Gasteiger partial charge is 0.251 e. The number of rotatable bonds is 8. The summed E-state index contributed by atoms with van der Waals surface area (Å²) in [6.07, 6.45) is 2.01. The highest BCUT2D eigenvalue weighted by atomic mass is 32.2. The van der Waals surface area contributed by atoms with Gasteiger partial charge in [0.1, 0.15) is 0 Å². The number of anilines is 1. The summed E-state index contributed by atoms with van der Waals surface area (Å²) in [5.41, 5.74) is 7.34. The number of hydrogen-bond acceptors (Lipinski definition) is 3. The van der Waals surface area contributed by atoms with Gasteiger partial charge in [-0.05, 0) is 74.1 Å². The lowest BCUT2D eigenvalue weighted by Crippen LogP contribution is -2.31. The van der Waals surface area contributed by atoms with Gasteiger partial charge in [-0.15, -0.1) is 0 Å². The predicted octanol–water partition coefficient (Wildman–Crippen LogP) is 5.77. The second-order valence-corrected chi connectivity index (χ2v) is 10.9. The fraction of sp³-hybridized carbons (Fsp3) is 0.321. The number of nitrogens with zero attached hydrogens (tertiary/aromatic N) is 1. The summed E-state index contributed by atoms with van der Waals surface area (Å²) in [5, 5.41) is 3.14. The molecule has 34 heavy (non-hydrogen) atoms. The van der Waals surface area contributed by atoms with Gasteiger partial charge in [0.15, 0.2) is 0 Å². The average molecular weight is 479 g/mol. The third kappa shape index (κ3) is 5.86. The topological polar surface area (TPSA) is 66.5 Å². The van der Waals surface area contributed by atoms with Crippen LogP contribution in [0.3, 0.4) is 0 Å². The second kappa shape index (κ2) is 10.4. The van der Waals surface area contributed by atoms with Crippen LogP contribution in [0, 0.1) is 27.7 Å². The van der Waals surface area contributed by atoms with Gasteiger partial charge >= 0.3 is 0 Å². The standard InChI is InChI=1S/C28H34N2O3S/c1-7-26(25-16-11-19(2)17-22(25)5)29-28(31)24-14-12-23(13-15-24)18-30(34(6,32)33)27-20(3)9-8-10-21(27)4/h8-17,26H,7,18H2,1-6H3,(H,29,31)/t26-/m1/s1. The zero-order valence-electron chi connectivity index (χ0n) is 20.8. The van der Waals surface area contributed by atoms with Crippen LogP contribution in [0.15, 0.2) is 60.7 Å². The van der Waals surface area contributed by atoms with Gasteiger partial charge in [-0.1, -0.05) is 61.0 Å². The maximum absolute atomic E-state index is 13.0. The lowest BCUT2D eigenvalue weighted by atomic mass is 9.97. The van der Waals surface area contributed by atoms with E-state index in [0.717, 1.165) is 34.2 Å². The number of carbonyl (C=O) groups is 1. The van der Waals surface area contributed by atoms with Crippen molar-refractivity contribution >= 4 is 21.6 Å². The SMILES string of the molecule is CC[C@@H](NC(=O)c1ccc(CN(c2c(C)cccc2C)S(C)(=O)=O)cc1)c1ccc(C)cc1C. The minimum absolute atomic E-state index is 0.0717. The minimum atomic E-state index is -3.49. The molecule has 0 aromatic heterocycles. The first-order chi connectivity index (χ1) is 16.0. The van der Waals surface area contributed by atoms with Gasteiger partial charge in [0.25, 0.3) is 5.91 Å². The summed E-state index contributed by atoms with van der Waals surface area (Å²) < 4.78 is 26.7. The van der Waals surface area contributed by atoms with Crippen molar-refractivity contribution < 1.29 is 13.2 Å². The number of amides is 1. The fourth-order valence-corrected chi connectivity index (χ4v) is 5.35. The summed E-state index contributed by atoms with van der Waals surface area (Å²) >= 11 is 0. The van der Waals surface area contributed by atoms with Gasteiger partial charge in [0.2, 0.25) is 10.0 Å². The molecule has 3 aromatic rings. The summed E-state index contributed by atoms with van der Waals surface area (Å²) in [7, 11) is -3.49. The zero-order valence-corrected chi connectivity index (χ0v) is 21.7. The number of sulfonamides is 1. The Kier molecular flexibility index (Phi) is 7.82. The van der Waals surface area contributed by atoms with Crippen molar-refractivity contribution in [2.75, 3.05) is 10.6 Å². The van der Waals surface area contributed by atoms with Crippen molar-refractivity contribution in [1.82, 2.24) is 5.32 Å². The molecule has 3 aromatic carbocycles. The van der Waals surface area contributed by atoms with Crippen LogP contribution in [0.5, 0.6) is 0 Å². The molecule has 0 saturated carbocycles. The highest BCUT2D eigenvalue weighted by Crippen LogP contribution is 2.28. The van der Waals surface area contributed by atoms with Gasteiger partial charge in [-0.3, -0.25) is 9.10 Å². The van der Waals surface area contributed by atoms with Gasteiger partial charge < -0.3 is 5.32 Å². The Bertz CT molecular complexity index is 1260. The third-order valence-corrected chi connectivity index (χ3v) is 7.26. The van der Waals surface area contributed by atoms with E-state index in [2.05, 4.69) is 44.3 Å². The molecule has 5 nitrogen and oxygen atoms in total. The monoisotopic (exact) mass is 478 g/mol. The molecule has 0 aliphatic carbocycles. The molecule has 0 fully saturated rings. The maximum Gasteiger partial charge on any atom is 0.251 e. The Balaban J connectivity index is 1.80. The van der Waals surface area contributed by atoms with Crippen LogP contribution >= 0.6 is 0 Å². The van der Waals surface area contributed by atoms with Crippen molar-refractivity contribution in [2.24, 2.45) is 0 Å². The zero-order chi connectivity index (χ0) is 25.0. The van der Waals surface area contributed by atoms with Crippen LogP contribution in [-0.2, 0) is 16.6 Å². The molecule has 1 N–H and O–H groups in total. The van der Waals surface area contributed by atoms with Crippen molar-refractivity contribution in [3.8, 4) is 0 Å². The summed E-state index contributed by atoms with van der Waals surface area (Å²) in [6, 6.07) is 19.1. The highest BCUT2D eigenvalue weighted by molar-refractivity contribution is 7.92. The molecular weight excluding hydrogens is 444 g/mol. The molecule has 0 saturated heterocycles. The van der Waals surface area contributed by atoms with Crippen LogP contribution in [0.25, 0.3) is 0 Å². The van der Waals surface area contributed by atoms with E-state index in [0.29, 0.717) is 11.3 Å². The number of benzene rings is 3. The van der Waals surface area contributed by atoms with E-state index >= 15 is 0 Å². The predicted molar refractivity (Wildman–Crippen MR) is 140 cm³/mol. The quantitative estimate of drug-likeness (QED) is 0.447. The van der Waals surface area contributed by atoms with Crippen molar-refractivity contribution in [3.05, 3.63) is 99.6 Å². The van der Waals surface area contributed by atoms with Crippen molar-refractivity contribution in [1.29, 1.82) is 0 Å². The van der Waals surface area contributed by atoms with Gasteiger partial charge in [-0.2, -0.15) is 0 Å². The molecule has 0 aliphatic heterocycles. The van der Waals surface area contributed by atoms with Gasteiger partial charge in [-0.25, -0.2) is 8.42 Å². The molecular formula is C28H34N2O3S. The van der Waals surface area contributed by atoms with E-state index in [1.807, 2.05) is 44.2 Å². The first-order valence-electron chi connectivity index (χ1n) is 11.5. The van der Waals surface area contributed by atoms with Crippen LogP contribution < -0.4 is 9.62 Å². The maximum atomic E-state index is 13.0. The minimum Gasteiger partial charge on any atom is -0.345 e. The summed E-state index contributed by atoms with van der Waals surface area (Å²) in [4.78, 5) is 13.0. The first kappa shape index (κ1) is 25.5. The molecule has 0 spiro atoms. The van der Waals surface area contributed by atoms with Crippen LogP contribution in [0.4, 0.5) is 5.69 Å². The van der Waals surface area contributed by atoms with Crippen molar-refractivity contribution in [2.45, 2.75) is 53.6 Å². The average Bonchev–Trinajstić information content (AvgIpc) is 2.76. The molecule has 180 valence electrons. The van der Waals surface area contributed by atoms with Crippen LogP contribution in [0.1, 0.15) is 63.1 Å². The lowest BCUT2D eigenvalue weighted by Gasteiger charge is -2.26. The van der Waals surface area contributed by atoms with Gasteiger partial charge in [0, 0.05) is 5.56 Å². The molecule has 0 heterocycles. The number of carbonyl (C=O) groups excluding carboxylic acids is 1. The molecule has 6 heteroatoms. The van der Waals surface area contributed by atoms with Crippen LogP contribution in [-0.4, -0.2) is 20.6 Å². The number of nitrogens with one attached hydrogen (secondary N) is 1.